The second-order valence-electron chi connectivity index (χ2n) is 3.86. The van der Waals surface area contributed by atoms with Gasteiger partial charge >= 0.3 is 0 Å². The Morgan fingerprint density at radius 2 is 2.38 bits per heavy atom. The van der Waals surface area contributed by atoms with Crippen LogP contribution in [-0.2, 0) is 11.3 Å². The summed E-state index contributed by atoms with van der Waals surface area (Å²) in [5.41, 5.74) is 0.282. The van der Waals surface area contributed by atoms with Crippen molar-refractivity contribution < 1.29 is 19.0 Å². The Balaban J connectivity index is 1.91. The SMILES string of the molecule is OCc1ccc(OCC2CCCO2)cc1F. The maximum atomic E-state index is 13.3. The van der Waals surface area contributed by atoms with Crippen LogP contribution in [0.15, 0.2) is 18.2 Å². The van der Waals surface area contributed by atoms with Crippen molar-refractivity contribution in [2.45, 2.75) is 25.6 Å². The van der Waals surface area contributed by atoms with Crippen molar-refractivity contribution in [3.63, 3.8) is 0 Å². The molecular weight excluding hydrogens is 211 g/mol. The lowest BCUT2D eigenvalue weighted by molar-refractivity contribution is 0.0678. The Bertz CT molecular complexity index is 348. The Morgan fingerprint density at radius 1 is 1.50 bits per heavy atom. The number of benzene rings is 1. The molecule has 0 radical (unpaired) electrons. The fourth-order valence-corrected chi connectivity index (χ4v) is 1.71. The first-order valence-electron chi connectivity index (χ1n) is 5.43. The standard InChI is InChI=1S/C12H15FO3/c13-12-6-10(4-3-9(12)7-14)16-8-11-2-1-5-15-11/h3-4,6,11,14H,1-2,5,7-8H2. The van der Waals surface area contributed by atoms with Crippen LogP contribution < -0.4 is 4.74 Å². The van der Waals surface area contributed by atoms with Gasteiger partial charge in [-0.05, 0) is 18.9 Å². The Kier molecular flexibility index (Phi) is 3.74. The molecule has 1 heterocycles. The van der Waals surface area contributed by atoms with E-state index >= 15 is 0 Å². The van der Waals surface area contributed by atoms with E-state index in [2.05, 4.69) is 0 Å². The average molecular weight is 226 g/mol. The van der Waals surface area contributed by atoms with Crippen LogP contribution in [0.1, 0.15) is 18.4 Å². The maximum Gasteiger partial charge on any atom is 0.132 e. The van der Waals surface area contributed by atoms with Crippen LogP contribution in [0.25, 0.3) is 0 Å². The van der Waals surface area contributed by atoms with Crippen LogP contribution in [-0.4, -0.2) is 24.4 Å². The number of aliphatic hydroxyl groups is 1. The molecule has 1 saturated heterocycles. The number of aliphatic hydroxyl groups excluding tert-OH is 1. The molecule has 0 saturated carbocycles. The van der Waals surface area contributed by atoms with Gasteiger partial charge in [0, 0.05) is 18.2 Å². The second-order valence-corrected chi connectivity index (χ2v) is 3.86. The molecule has 0 spiro atoms. The highest BCUT2D eigenvalue weighted by Gasteiger charge is 2.16. The normalized spacial score (nSPS) is 20.0. The van der Waals surface area contributed by atoms with Gasteiger partial charge in [-0.1, -0.05) is 6.07 Å². The predicted octanol–water partition coefficient (Wildman–Crippen LogP) is 1.88. The molecule has 1 fully saturated rings. The largest absolute Gasteiger partial charge is 0.491 e. The van der Waals surface area contributed by atoms with Gasteiger partial charge in [0.25, 0.3) is 0 Å². The minimum Gasteiger partial charge on any atom is -0.491 e. The third-order valence-corrected chi connectivity index (χ3v) is 2.65. The molecule has 2 rings (SSSR count). The molecule has 1 aromatic rings. The van der Waals surface area contributed by atoms with E-state index in [9.17, 15) is 4.39 Å². The molecule has 3 nitrogen and oxygen atoms in total. The highest BCUT2D eigenvalue weighted by atomic mass is 19.1. The van der Waals surface area contributed by atoms with E-state index in [1.54, 1.807) is 6.07 Å². The maximum absolute atomic E-state index is 13.3. The summed E-state index contributed by atoms with van der Waals surface area (Å²) in [6, 6.07) is 4.48. The number of ether oxygens (including phenoxy) is 2. The molecule has 1 aromatic carbocycles. The van der Waals surface area contributed by atoms with Crippen molar-refractivity contribution in [1.82, 2.24) is 0 Å². The Morgan fingerprint density at radius 3 is 3.00 bits per heavy atom. The van der Waals surface area contributed by atoms with Gasteiger partial charge in [-0.3, -0.25) is 0 Å². The van der Waals surface area contributed by atoms with Crippen molar-refractivity contribution in [3.8, 4) is 5.75 Å². The van der Waals surface area contributed by atoms with E-state index in [0.717, 1.165) is 19.4 Å². The summed E-state index contributed by atoms with van der Waals surface area (Å²) >= 11 is 0. The van der Waals surface area contributed by atoms with Crippen molar-refractivity contribution >= 4 is 0 Å². The fourth-order valence-electron chi connectivity index (χ4n) is 1.71. The van der Waals surface area contributed by atoms with E-state index < -0.39 is 5.82 Å². The topological polar surface area (TPSA) is 38.7 Å². The number of hydrogen-bond donors (Lipinski definition) is 1. The minimum atomic E-state index is -0.438. The highest BCUT2D eigenvalue weighted by molar-refractivity contribution is 5.28. The second kappa shape index (κ2) is 5.27. The Labute approximate surface area is 93.8 Å². The summed E-state index contributed by atoms with van der Waals surface area (Å²) in [7, 11) is 0. The number of rotatable bonds is 4. The van der Waals surface area contributed by atoms with E-state index in [0.29, 0.717) is 12.4 Å². The minimum absolute atomic E-state index is 0.126. The lowest BCUT2D eigenvalue weighted by Gasteiger charge is -2.11. The molecule has 1 aliphatic heterocycles. The summed E-state index contributed by atoms with van der Waals surface area (Å²) in [6.45, 7) is 0.946. The van der Waals surface area contributed by atoms with Gasteiger partial charge in [0.05, 0.1) is 12.7 Å². The van der Waals surface area contributed by atoms with E-state index in [-0.39, 0.29) is 18.3 Å². The van der Waals surface area contributed by atoms with Gasteiger partial charge in [-0.15, -0.1) is 0 Å². The monoisotopic (exact) mass is 226 g/mol. The quantitative estimate of drug-likeness (QED) is 0.851. The predicted molar refractivity (Wildman–Crippen MR) is 56.8 cm³/mol. The number of halogens is 1. The highest BCUT2D eigenvalue weighted by Crippen LogP contribution is 2.19. The molecule has 1 N–H and O–H groups in total. The van der Waals surface area contributed by atoms with Gasteiger partial charge in [0.15, 0.2) is 0 Å². The summed E-state index contributed by atoms with van der Waals surface area (Å²) in [5.74, 6) is 0.0394. The summed E-state index contributed by atoms with van der Waals surface area (Å²) in [5, 5.41) is 8.81. The first kappa shape index (κ1) is 11.4. The van der Waals surface area contributed by atoms with Gasteiger partial charge in [0.1, 0.15) is 18.2 Å². The summed E-state index contributed by atoms with van der Waals surface area (Å²) in [6.07, 6.45) is 2.18. The lowest BCUT2D eigenvalue weighted by atomic mass is 10.2. The van der Waals surface area contributed by atoms with Gasteiger partial charge in [-0.25, -0.2) is 4.39 Å². The van der Waals surface area contributed by atoms with Crippen LogP contribution in [0.3, 0.4) is 0 Å². The fraction of sp³-hybridized carbons (Fsp3) is 0.500. The molecule has 0 aromatic heterocycles. The molecule has 88 valence electrons. The zero-order chi connectivity index (χ0) is 11.4. The van der Waals surface area contributed by atoms with Crippen LogP contribution in [0.5, 0.6) is 5.75 Å². The number of hydrogen-bond acceptors (Lipinski definition) is 3. The summed E-state index contributed by atoms with van der Waals surface area (Å²) in [4.78, 5) is 0. The molecule has 0 bridgehead atoms. The first-order valence-corrected chi connectivity index (χ1v) is 5.43. The summed E-state index contributed by atoms with van der Waals surface area (Å²) < 4.78 is 24.1. The zero-order valence-electron chi connectivity index (χ0n) is 8.99. The van der Waals surface area contributed by atoms with Crippen LogP contribution in [0.2, 0.25) is 0 Å². The van der Waals surface area contributed by atoms with Crippen molar-refractivity contribution in [3.05, 3.63) is 29.6 Å². The molecule has 16 heavy (non-hydrogen) atoms. The van der Waals surface area contributed by atoms with Crippen molar-refractivity contribution in [2.75, 3.05) is 13.2 Å². The van der Waals surface area contributed by atoms with Gasteiger partial charge in [0.2, 0.25) is 0 Å². The Hall–Kier alpha value is -1.13. The van der Waals surface area contributed by atoms with E-state index in [1.807, 2.05) is 0 Å². The van der Waals surface area contributed by atoms with Gasteiger partial charge < -0.3 is 14.6 Å². The molecule has 1 atom stereocenters. The van der Waals surface area contributed by atoms with Gasteiger partial charge in [-0.2, -0.15) is 0 Å². The zero-order valence-corrected chi connectivity index (χ0v) is 8.99. The molecular formula is C12H15FO3. The molecule has 1 aliphatic rings. The molecule has 0 amide bonds. The smallest absolute Gasteiger partial charge is 0.132 e. The van der Waals surface area contributed by atoms with E-state index in [4.69, 9.17) is 14.6 Å². The lowest BCUT2D eigenvalue weighted by Crippen LogP contribution is -2.16. The van der Waals surface area contributed by atoms with Crippen LogP contribution in [0, 0.1) is 5.82 Å². The van der Waals surface area contributed by atoms with Crippen molar-refractivity contribution in [1.29, 1.82) is 0 Å². The molecule has 1 unspecified atom stereocenters. The molecule has 4 heteroatoms. The van der Waals surface area contributed by atoms with Crippen molar-refractivity contribution in [2.24, 2.45) is 0 Å². The third-order valence-electron chi connectivity index (χ3n) is 2.65. The van der Waals surface area contributed by atoms with E-state index in [1.165, 1.54) is 12.1 Å². The molecule has 0 aliphatic carbocycles. The van der Waals surface area contributed by atoms with Crippen LogP contribution in [0.4, 0.5) is 4.39 Å². The first-order chi connectivity index (χ1) is 7.79. The average Bonchev–Trinajstić information content (AvgIpc) is 2.79. The third kappa shape index (κ3) is 2.71. The van der Waals surface area contributed by atoms with Crippen LogP contribution >= 0.6 is 0 Å².